The van der Waals surface area contributed by atoms with E-state index in [0.29, 0.717) is 5.56 Å². The minimum Gasteiger partial charge on any atom is -0.508 e. The van der Waals surface area contributed by atoms with Crippen molar-refractivity contribution in [1.82, 2.24) is 10.6 Å². The predicted octanol–water partition coefficient (Wildman–Crippen LogP) is 1.43. The number of amides is 1. The van der Waals surface area contributed by atoms with Crippen LogP contribution in [0.4, 0.5) is 0 Å². The lowest BCUT2D eigenvalue weighted by molar-refractivity contribution is -0.119. The molecule has 0 unspecified atom stereocenters. The average Bonchev–Trinajstić information content (AvgIpc) is 2.20. The maximum atomic E-state index is 11.7. The second-order valence-electron chi connectivity index (χ2n) is 5.24. The Labute approximate surface area is 117 Å². The van der Waals surface area contributed by atoms with E-state index in [-0.39, 0.29) is 34.5 Å². The summed E-state index contributed by atoms with van der Waals surface area (Å²) in [5.74, 6) is -0.402. The van der Waals surface area contributed by atoms with Gasteiger partial charge in [0.15, 0.2) is 5.11 Å². The Morgan fingerprint density at radius 3 is 2.53 bits per heavy atom. The van der Waals surface area contributed by atoms with Crippen molar-refractivity contribution in [2.45, 2.75) is 32.7 Å². The zero-order chi connectivity index (χ0) is 14.6. The Kier molecular flexibility index (Phi) is 4.72. The van der Waals surface area contributed by atoms with Gasteiger partial charge >= 0.3 is 0 Å². The summed E-state index contributed by atoms with van der Waals surface area (Å²) in [6.07, 6.45) is -0.0633. The third kappa shape index (κ3) is 5.56. The molecule has 0 aromatic heterocycles. The van der Waals surface area contributed by atoms with Crippen molar-refractivity contribution >= 4 is 23.2 Å². The van der Waals surface area contributed by atoms with Crippen LogP contribution in [0.15, 0.2) is 18.2 Å². The number of phenols is 2. The molecule has 1 amide bonds. The molecule has 0 aliphatic rings. The van der Waals surface area contributed by atoms with Crippen molar-refractivity contribution in [3.63, 3.8) is 0 Å². The maximum Gasteiger partial charge on any atom is 0.230 e. The Balaban J connectivity index is 2.61. The SMILES string of the molecule is CC(C)(C)NC(=S)NC(=O)Cc1cc(O)ccc1O. The summed E-state index contributed by atoms with van der Waals surface area (Å²) in [5, 5.41) is 24.6. The van der Waals surface area contributed by atoms with Crippen LogP contribution in [-0.4, -0.2) is 26.8 Å². The quantitative estimate of drug-likeness (QED) is 0.487. The summed E-state index contributed by atoms with van der Waals surface area (Å²) < 4.78 is 0. The van der Waals surface area contributed by atoms with Gasteiger partial charge < -0.3 is 20.8 Å². The van der Waals surface area contributed by atoms with Gasteiger partial charge in [-0.05, 0) is 51.2 Å². The molecule has 0 fully saturated rings. The normalized spacial score (nSPS) is 10.9. The van der Waals surface area contributed by atoms with Gasteiger partial charge in [0, 0.05) is 11.1 Å². The maximum absolute atomic E-state index is 11.7. The summed E-state index contributed by atoms with van der Waals surface area (Å²) in [5.41, 5.74) is 0.105. The second kappa shape index (κ2) is 5.88. The fourth-order valence-electron chi connectivity index (χ4n) is 1.43. The van der Waals surface area contributed by atoms with Gasteiger partial charge in [0.1, 0.15) is 11.5 Å². The van der Waals surface area contributed by atoms with Gasteiger partial charge in [-0.2, -0.15) is 0 Å². The minimum absolute atomic E-state index is 0.00371. The van der Waals surface area contributed by atoms with Crippen molar-refractivity contribution in [2.24, 2.45) is 0 Å². The van der Waals surface area contributed by atoms with Crippen LogP contribution in [0.5, 0.6) is 11.5 Å². The molecule has 0 spiro atoms. The van der Waals surface area contributed by atoms with E-state index in [4.69, 9.17) is 12.2 Å². The van der Waals surface area contributed by atoms with Gasteiger partial charge in [-0.3, -0.25) is 4.79 Å². The molecule has 0 radical (unpaired) electrons. The molecule has 0 atom stereocenters. The first-order chi connectivity index (χ1) is 8.67. The molecule has 1 rings (SSSR count). The zero-order valence-electron chi connectivity index (χ0n) is 11.2. The molecule has 5 nitrogen and oxygen atoms in total. The lowest BCUT2D eigenvalue weighted by Crippen LogP contribution is -2.48. The van der Waals surface area contributed by atoms with Gasteiger partial charge in [-0.1, -0.05) is 0 Å². The molecule has 1 aromatic rings. The van der Waals surface area contributed by atoms with E-state index < -0.39 is 0 Å². The van der Waals surface area contributed by atoms with E-state index in [0.717, 1.165) is 0 Å². The summed E-state index contributed by atoms with van der Waals surface area (Å²) in [6, 6.07) is 4.03. The number of carbonyl (C=O) groups is 1. The third-order valence-electron chi connectivity index (χ3n) is 2.16. The molecule has 6 heteroatoms. The molecular formula is C13H18N2O3S. The Hall–Kier alpha value is -1.82. The smallest absolute Gasteiger partial charge is 0.230 e. The number of carbonyl (C=O) groups excluding carboxylic acids is 1. The number of phenolic OH excluding ortho intramolecular Hbond substituents is 2. The number of aromatic hydroxyl groups is 2. The average molecular weight is 282 g/mol. The first-order valence-electron chi connectivity index (χ1n) is 5.80. The molecule has 1 aromatic carbocycles. The fraction of sp³-hybridized carbons (Fsp3) is 0.385. The van der Waals surface area contributed by atoms with Crippen molar-refractivity contribution in [3.05, 3.63) is 23.8 Å². The molecule has 4 N–H and O–H groups in total. The van der Waals surface area contributed by atoms with E-state index in [2.05, 4.69) is 10.6 Å². The van der Waals surface area contributed by atoms with E-state index in [1.807, 2.05) is 20.8 Å². The fourth-order valence-corrected chi connectivity index (χ4v) is 1.85. The molecule has 0 bridgehead atoms. The van der Waals surface area contributed by atoms with Crippen molar-refractivity contribution in [3.8, 4) is 11.5 Å². The Morgan fingerprint density at radius 1 is 1.32 bits per heavy atom. The first-order valence-corrected chi connectivity index (χ1v) is 6.21. The van der Waals surface area contributed by atoms with E-state index in [1.54, 1.807) is 0 Å². The highest BCUT2D eigenvalue weighted by Gasteiger charge is 2.14. The highest BCUT2D eigenvalue weighted by Crippen LogP contribution is 2.22. The summed E-state index contributed by atoms with van der Waals surface area (Å²) in [6.45, 7) is 5.77. The zero-order valence-corrected chi connectivity index (χ0v) is 12.0. The van der Waals surface area contributed by atoms with Crippen LogP contribution in [0, 0.1) is 0 Å². The van der Waals surface area contributed by atoms with E-state index >= 15 is 0 Å². The summed E-state index contributed by atoms with van der Waals surface area (Å²) >= 11 is 5.00. The largest absolute Gasteiger partial charge is 0.508 e. The third-order valence-corrected chi connectivity index (χ3v) is 2.36. The van der Waals surface area contributed by atoms with Gasteiger partial charge in [0.25, 0.3) is 0 Å². The first kappa shape index (κ1) is 15.2. The van der Waals surface area contributed by atoms with Crippen molar-refractivity contribution in [2.75, 3.05) is 0 Å². The Morgan fingerprint density at radius 2 is 1.95 bits per heavy atom. The van der Waals surface area contributed by atoms with Crippen LogP contribution in [0.2, 0.25) is 0 Å². The molecule has 19 heavy (non-hydrogen) atoms. The topological polar surface area (TPSA) is 81.6 Å². The molecular weight excluding hydrogens is 264 g/mol. The molecule has 0 aliphatic heterocycles. The number of rotatable bonds is 2. The Bertz CT molecular complexity index is 495. The minimum atomic E-state index is -0.359. The number of hydrogen-bond donors (Lipinski definition) is 4. The lowest BCUT2D eigenvalue weighted by atomic mass is 10.1. The van der Waals surface area contributed by atoms with Crippen LogP contribution in [0.25, 0.3) is 0 Å². The van der Waals surface area contributed by atoms with E-state index in [1.165, 1.54) is 18.2 Å². The monoisotopic (exact) mass is 282 g/mol. The highest BCUT2D eigenvalue weighted by atomic mass is 32.1. The number of benzene rings is 1. The summed E-state index contributed by atoms with van der Waals surface area (Å²) in [7, 11) is 0. The van der Waals surface area contributed by atoms with E-state index in [9.17, 15) is 15.0 Å². The van der Waals surface area contributed by atoms with Gasteiger partial charge in [-0.15, -0.1) is 0 Å². The molecule has 0 heterocycles. The van der Waals surface area contributed by atoms with Gasteiger partial charge in [0.05, 0.1) is 6.42 Å². The molecule has 0 saturated heterocycles. The molecule has 0 aliphatic carbocycles. The van der Waals surface area contributed by atoms with Crippen LogP contribution in [0.3, 0.4) is 0 Å². The highest BCUT2D eigenvalue weighted by molar-refractivity contribution is 7.80. The molecule has 104 valence electrons. The van der Waals surface area contributed by atoms with Gasteiger partial charge in [0.2, 0.25) is 5.91 Å². The van der Waals surface area contributed by atoms with Crippen molar-refractivity contribution < 1.29 is 15.0 Å². The van der Waals surface area contributed by atoms with Crippen molar-refractivity contribution in [1.29, 1.82) is 0 Å². The van der Waals surface area contributed by atoms with Crippen LogP contribution < -0.4 is 10.6 Å². The second-order valence-corrected chi connectivity index (χ2v) is 5.65. The van der Waals surface area contributed by atoms with Gasteiger partial charge in [-0.25, -0.2) is 0 Å². The molecule has 0 saturated carbocycles. The van der Waals surface area contributed by atoms with Crippen LogP contribution in [0.1, 0.15) is 26.3 Å². The predicted molar refractivity (Wildman–Crippen MR) is 77.1 cm³/mol. The lowest BCUT2D eigenvalue weighted by Gasteiger charge is -2.22. The number of thiocarbonyl (C=S) groups is 1. The van der Waals surface area contributed by atoms with Crippen LogP contribution >= 0.6 is 12.2 Å². The van der Waals surface area contributed by atoms with Crippen LogP contribution in [-0.2, 0) is 11.2 Å². The summed E-state index contributed by atoms with van der Waals surface area (Å²) in [4.78, 5) is 11.7. The standard InChI is InChI=1S/C13H18N2O3S/c1-13(2,3)15-12(19)14-11(18)7-8-6-9(16)4-5-10(8)17/h4-6,16-17H,7H2,1-3H3,(H2,14,15,18,19). The number of nitrogens with one attached hydrogen (secondary N) is 2. The number of hydrogen-bond acceptors (Lipinski definition) is 4.